The first-order valence-electron chi connectivity index (χ1n) is 5.24. The van der Waals surface area contributed by atoms with E-state index in [0.717, 1.165) is 19.6 Å². The van der Waals surface area contributed by atoms with Crippen LogP contribution in [0.3, 0.4) is 0 Å². The van der Waals surface area contributed by atoms with E-state index in [1.54, 1.807) is 7.11 Å². The van der Waals surface area contributed by atoms with Crippen molar-refractivity contribution in [2.24, 2.45) is 5.73 Å². The summed E-state index contributed by atoms with van der Waals surface area (Å²) in [6.07, 6.45) is 1.39. The summed E-state index contributed by atoms with van der Waals surface area (Å²) in [5.74, 6) is 0. The maximum atomic E-state index is 5.80. The van der Waals surface area contributed by atoms with Crippen LogP contribution in [0.1, 0.15) is 20.3 Å². The van der Waals surface area contributed by atoms with Crippen molar-refractivity contribution in [3.8, 4) is 0 Å². The van der Waals surface area contributed by atoms with Gasteiger partial charge in [0.15, 0.2) is 0 Å². The zero-order valence-corrected chi connectivity index (χ0v) is 9.38. The lowest BCUT2D eigenvalue weighted by Crippen LogP contribution is -2.57. The molecule has 84 valence electrons. The van der Waals surface area contributed by atoms with Crippen molar-refractivity contribution >= 4 is 0 Å². The molecule has 0 radical (unpaired) electrons. The molecule has 0 aromatic carbocycles. The third-order valence-corrected chi connectivity index (χ3v) is 3.20. The van der Waals surface area contributed by atoms with Gasteiger partial charge in [0.1, 0.15) is 0 Å². The number of hydrogen-bond acceptors (Lipinski definition) is 4. The Morgan fingerprint density at radius 3 is 2.86 bits per heavy atom. The Hall–Kier alpha value is -0.160. The highest BCUT2D eigenvalue weighted by Gasteiger charge is 2.39. The van der Waals surface area contributed by atoms with E-state index in [9.17, 15) is 0 Å². The Kier molecular flexibility index (Phi) is 4.31. The van der Waals surface area contributed by atoms with Crippen LogP contribution in [0, 0.1) is 0 Å². The standard InChI is InChI=1S/C10H22N2O2/c1-8(13-3)6-12-10(7-11)4-5-14-9(10)2/h8-9,12H,4-7,11H2,1-3H3. The first-order chi connectivity index (χ1) is 6.64. The molecule has 0 bridgehead atoms. The molecule has 4 nitrogen and oxygen atoms in total. The molecule has 3 N–H and O–H groups in total. The van der Waals surface area contributed by atoms with Gasteiger partial charge in [0, 0.05) is 26.8 Å². The summed E-state index contributed by atoms with van der Waals surface area (Å²) in [6, 6.07) is 0. The van der Waals surface area contributed by atoms with Crippen molar-refractivity contribution in [2.75, 3.05) is 26.8 Å². The molecule has 3 atom stereocenters. The van der Waals surface area contributed by atoms with Crippen molar-refractivity contribution in [2.45, 2.75) is 38.0 Å². The lowest BCUT2D eigenvalue weighted by Gasteiger charge is -2.33. The monoisotopic (exact) mass is 202 g/mol. The summed E-state index contributed by atoms with van der Waals surface area (Å²) in [5.41, 5.74) is 5.75. The van der Waals surface area contributed by atoms with E-state index in [2.05, 4.69) is 12.2 Å². The number of hydrogen-bond donors (Lipinski definition) is 2. The maximum absolute atomic E-state index is 5.80. The zero-order chi connectivity index (χ0) is 10.6. The summed E-state index contributed by atoms with van der Waals surface area (Å²) >= 11 is 0. The molecule has 3 unspecified atom stereocenters. The molecule has 0 saturated carbocycles. The fourth-order valence-electron chi connectivity index (χ4n) is 1.78. The number of rotatable bonds is 5. The minimum Gasteiger partial charge on any atom is -0.380 e. The Morgan fingerprint density at radius 1 is 1.71 bits per heavy atom. The molecule has 0 spiro atoms. The molecule has 1 heterocycles. The molecule has 1 saturated heterocycles. The van der Waals surface area contributed by atoms with Gasteiger partial charge in [-0.3, -0.25) is 0 Å². The molecule has 0 aromatic rings. The van der Waals surface area contributed by atoms with E-state index in [-0.39, 0.29) is 17.7 Å². The molecule has 0 aromatic heterocycles. The maximum Gasteiger partial charge on any atom is 0.0741 e. The molecule has 14 heavy (non-hydrogen) atoms. The van der Waals surface area contributed by atoms with Crippen LogP contribution < -0.4 is 11.1 Å². The first-order valence-corrected chi connectivity index (χ1v) is 5.24. The van der Waals surface area contributed by atoms with Gasteiger partial charge in [0.2, 0.25) is 0 Å². The number of ether oxygens (including phenoxy) is 2. The second kappa shape index (κ2) is 5.07. The van der Waals surface area contributed by atoms with Gasteiger partial charge in [-0.1, -0.05) is 0 Å². The van der Waals surface area contributed by atoms with Crippen molar-refractivity contribution in [1.82, 2.24) is 5.32 Å². The van der Waals surface area contributed by atoms with E-state index in [4.69, 9.17) is 15.2 Å². The van der Waals surface area contributed by atoms with Crippen LogP contribution >= 0.6 is 0 Å². The summed E-state index contributed by atoms with van der Waals surface area (Å²) in [6.45, 7) is 6.35. The third kappa shape index (κ3) is 2.45. The Morgan fingerprint density at radius 2 is 2.43 bits per heavy atom. The Balaban J connectivity index is 2.45. The summed E-state index contributed by atoms with van der Waals surface area (Å²) in [4.78, 5) is 0. The van der Waals surface area contributed by atoms with E-state index in [1.807, 2.05) is 6.92 Å². The molecular formula is C10H22N2O2. The quantitative estimate of drug-likeness (QED) is 0.665. The molecule has 1 rings (SSSR count). The molecule has 0 amide bonds. The van der Waals surface area contributed by atoms with Crippen LogP contribution in [0.25, 0.3) is 0 Å². The van der Waals surface area contributed by atoms with Gasteiger partial charge < -0.3 is 20.5 Å². The summed E-state index contributed by atoms with van der Waals surface area (Å²) in [5, 5.41) is 3.47. The Bertz CT molecular complexity index is 178. The predicted molar refractivity (Wildman–Crippen MR) is 56.3 cm³/mol. The van der Waals surface area contributed by atoms with Crippen molar-refractivity contribution in [1.29, 1.82) is 0 Å². The van der Waals surface area contributed by atoms with E-state index < -0.39 is 0 Å². The van der Waals surface area contributed by atoms with Gasteiger partial charge in [0.25, 0.3) is 0 Å². The van der Waals surface area contributed by atoms with Crippen LogP contribution in [-0.2, 0) is 9.47 Å². The highest BCUT2D eigenvalue weighted by atomic mass is 16.5. The Labute approximate surface area is 86.1 Å². The molecule has 1 aliphatic rings. The van der Waals surface area contributed by atoms with Gasteiger partial charge in [-0.05, 0) is 20.3 Å². The van der Waals surface area contributed by atoms with Gasteiger partial charge in [-0.15, -0.1) is 0 Å². The second-order valence-electron chi connectivity index (χ2n) is 4.05. The fourth-order valence-corrected chi connectivity index (χ4v) is 1.78. The number of nitrogens with one attached hydrogen (secondary N) is 1. The van der Waals surface area contributed by atoms with Crippen molar-refractivity contribution in [3.05, 3.63) is 0 Å². The van der Waals surface area contributed by atoms with Gasteiger partial charge in [-0.25, -0.2) is 0 Å². The van der Waals surface area contributed by atoms with Crippen molar-refractivity contribution < 1.29 is 9.47 Å². The highest BCUT2D eigenvalue weighted by Crippen LogP contribution is 2.24. The highest BCUT2D eigenvalue weighted by molar-refractivity contribution is 4.98. The summed E-state index contributed by atoms with van der Waals surface area (Å²) < 4.78 is 10.7. The molecule has 4 heteroatoms. The van der Waals surface area contributed by atoms with Gasteiger partial charge >= 0.3 is 0 Å². The molecular weight excluding hydrogens is 180 g/mol. The molecule has 1 aliphatic heterocycles. The smallest absolute Gasteiger partial charge is 0.0741 e. The minimum atomic E-state index is -0.0488. The SMILES string of the molecule is COC(C)CNC1(CN)CCOC1C. The van der Waals surface area contributed by atoms with Crippen LogP contribution in [0.5, 0.6) is 0 Å². The van der Waals surface area contributed by atoms with E-state index in [0.29, 0.717) is 6.54 Å². The molecule has 1 fully saturated rings. The topological polar surface area (TPSA) is 56.5 Å². The molecule has 0 aliphatic carbocycles. The fraction of sp³-hybridized carbons (Fsp3) is 1.00. The van der Waals surface area contributed by atoms with Crippen LogP contribution in [0.4, 0.5) is 0 Å². The van der Waals surface area contributed by atoms with Crippen LogP contribution in [-0.4, -0.2) is 44.6 Å². The van der Waals surface area contributed by atoms with Crippen molar-refractivity contribution in [3.63, 3.8) is 0 Å². The predicted octanol–water partition coefficient (Wildman–Crippen LogP) is 0.117. The normalized spacial score (nSPS) is 34.7. The third-order valence-electron chi connectivity index (χ3n) is 3.20. The average Bonchev–Trinajstić information content (AvgIpc) is 2.57. The zero-order valence-electron chi connectivity index (χ0n) is 9.38. The summed E-state index contributed by atoms with van der Waals surface area (Å²) in [7, 11) is 1.72. The second-order valence-corrected chi connectivity index (χ2v) is 4.05. The van der Waals surface area contributed by atoms with Gasteiger partial charge in [-0.2, -0.15) is 0 Å². The van der Waals surface area contributed by atoms with Gasteiger partial charge in [0.05, 0.1) is 17.7 Å². The van der Waals surface area contributed by atoms with Crippen LogP contribution in [0.2, 0.25) is 0 Å². The number of methoxy groups -OCH3 is 1. The minimum absolute atomic E-state index is 0.0488. The van der Waals surface area contributed by atoms with E-state index in [1.165, 1.54) is 0 Å². The van der Waals surface area contributed by atoms with E-state index >= 15 is 0 Å². The lowest BCUT2D eigenvalue weighted by atomic mass is 9.92. The lowest BCUT2D eigenvalue weighted by molar-refractivity contribution is 0.0691. The largest absolute Gasteiger partial charge is 0.380 e. The number of nitrogens with two attached hydrogens (primary N) is 1. The average molecular weight is 202 g/mol. The first kappa shape index (κ1) is 11.9. The van der Waals surface area contributed by atoms with Crippen LogP contribution in [0.15, 0.2) is 0 Å².